The number of nitrogens with zero attached hydrogens (tertiary/aromatic N) is 1. The molecule has 4 nitrogen and oxygen atoms in total. The van der Waals surface area contributed by atoms with Crippen molar-refractivity contribution < 1.29 is 14.3 Å². The van der Waals surface area contributed by atoms with Crippen LogP contribution in [-0.4, -0.2) is 37.5 Å². The van der Waals surface area contributed by atoms with E-state index in [0.29, 0.717) is 5.56 Å². The highest BCUT2D eigenvalue weighted by Crippen LogP contribution is 2.44. The van der Waals surface area contributed by atoms with Crippen molar-refractivity contribution in [3.8, 4) is 0 Å². The molecule has 100 valence electrons. The molecule has 2 aliphatic rings. The summed E-state index contributed by atoms with van der Waals surface area (Å²) in [6.07, 6.45) is 2.45. The van der Waals surface area contributed by atoms with E-state index in [9.17, 15) is 9.59 Å². The van der Waals surface area contributed by atoms with E-state index in [1.54, 1.807) is 6.07 Å². The number of hydrogen-bond donors (Lipinski definition) is 0. The van der Waals surface area contributed by atoms with Crippen LogP contribution in [0, 0.1) is 5.41 Å². The normalized spacial score (nSPS) is 24.9. The average Bonchev–Trinajstić information content (AvgIpc) is 2.92. The molecule has 1 aliphatic heterocycles. The number of likely N-dealkylation sites (tertiary alicyclic amines) is 1. The van der Waals surface area contributed by atoms with E-state index in [2.05, 4.69) is 0 Å². The minimum atomic E-state index is -0.321. The van der Waals surface area contributed by atoms with Crippen molar-refractivity contribution in [2.75, 3.05) is 20.7 Å². The number of fused-ring (bicyclic) bond motifs is 1. The second-order valence-corrected chi connectivity index (χ2v) is 5.59. The smallest absolute Gasteiger partial charge is 0.337 e. The second-order valence-electron chi connectivity index (χ2n) is 5.59. The van der Waals surface area contributed by atoms with Crippen LogP contribution in [0.4, 0.5) is 0 Å². The molecule has 1 atom stereocenters. The molecule has 1 fully saturated rings. The lowest BCUT2D eigenvalue weighted by molar-refractivity contribution is -0.134. The minimum Gasteiger partial charge on any atom is -0.465 e. The number of rotatable bonds is 1. The van der Waals surface area contributed by atoms with Crippen LogP contribution in [0.2, 0.25) is 0 Å². The number of carbonyl (C=O) groups is 2. The first-order valence-corrected chi connectivity index (χ1v) is 6.51. The van der Waals surface area contributed by atoms with Gasteiger partial charge in [-0.2, -0.15) is 0 Å². The summed E-state index contributed by atoms with van der Waals surface area (Å²) in [6, 6.07) is 5.62. The SMILES string of the molecule is COC(=O)c1ccc2c(c1)C[C@]1(CCN(C)C1=O)C2. The molecule has 0 radical (unpaired) electrons. The summed E-state index contributed by atoms with van der Waals surface area (Å²) < 4.78 is 4.74. The number of esters is 1. The Bertz CT molecular complexity index is 567. The quantitative estimate of drug-likeness (QED) is 0.717. The summed E-state index contributed by atoms with van der Waals surface area (Å²) >= 11 is 0. The van der Waals surface area contributed by atoms with Gasteiger partial charge < -0.3 is 9.64 Å². The van der Waals surface area contributed by atoms with E-state index in [1.807, 2.05) is 24.1 Å². The van der Waals surface area contributed by atoms with E-state index in [4.69, 9.17) is 4.74 Å². The van der Waals surface area contributed by atoms with Gasteiger partial charge in [-0.05, 0) is 42.5 Å². The fourth-order valence-corrected chi connectivity index (χ4v) is 3.32. The molecule has 0 bridgehead atoms. The molecule has 0 saturated carbocycles. The number of carbonyl (C=O) groups excluding carboxylic acids is 2. The Kier molecular flexibility index (Phi) is 2.62. The van der Waals surface area contributed by atoms with Gasteiger partial charge in [0.05, 0.1) is 18.1 Å². The van der Waals surface area contributed by atoms with Crippen molar-refractivity contribution in [3.05, 3.63) is 34.9 Å². The molecular weight excluding hydrogens is 242 g/mol. The van der Waals surface area contributed by atoms with Gasteiger partial charge in [0.15, 0.2) is 0 Å². The molecule has 1 aromatic carbocycles. The Morgan fingerprint density at radius 1 is 1.32 bits per heavy atom. The highest BCUT2D eigenvalue weighted by molar-refractivity contribution is 5.90. The Morgan fingerprint density at radius 2 is 2.05 bits per heavy atom. The molecule has 1 aromatic rings. The molecular formula is C15H17NO3. The second kappa shape index (κ2) is 4.08. The monoisotopic (exact) mass is 259 g/mol. The molecule has 3 rings (SSSR count). The van der Waals surface area contributed by atoms with Crippen LogP contribution in [0.15, 0.2) is 18.2 Å². The van der Waals surface area contributed by atoms with Crippen molar-refractivity contribution >= 4 is 11.9 Å². The molecule has 1 aliphatic carbocycles. The average molecular weight is 259 g/mol. The maximum absolute atomic E-state index is 12.3. The van der Waals surface area contributed by atoms with E-state index in [1.165, 1.54) is 12.7 Å². The summed E-state index contributed by atoms with van der Waals surface area (Å²) in [6.45, 7) is 0.830. The van der Waals surface area contributed by atoms with Crippen molar-refractivity contribution in [1.82, 2.24) is 4.90 Å². The number of ether oxygens (including phenoxy) is 1. The molecule has 1 heterocycles. The highest BCUT2D eigenvalue weighted by atomic mass is 16.5. The third-order valence-corrected chi connectivity index (χ3v) is 4.41. The lowest BCUT2D eigenvalue weighted by Gasteiger charge is -2.20. The molecule has 1 spiro atoms. The first kappa shape index (κ1) is 12.2. The Balaban J connectivity index is 1.93. The van der Waals surface area contributed by atoms with Crippen LogP contribution in [0.5, 0.6) is 0 Å². The van der Waals surface area contributed by atoms with E-state index in [0.717, 1.165) is 31.4 Å². The van der Waals surface area contributed by atoms with Crippen LogP contribution in [-0.2, 0) is 22.4 Å². The van der Waals surface area contributed by atoms with Crippen LogP contribution >= 0.6 is 0 Å². The Hall–Kier alpha value is -1.84. The van der Waals surface area contributed by atoms with Gasteiger partial charge in [-0.3, -0.25) is 4.79 Å². The lowest BCUT2D eigenvalue weighted by atomic mass is 9.83. The van der Waals surface area contributed by atoms with Crippen LogP contribution in [0.3, 0.4) is 0 Å². The zero-order valence-corrected chi connectivity index (χ0v) is 11.2. The maximum Gasteiger partial charge on any atom is 0.337 e. The Labute approximate surface area is 112 Å². The van der Waals surface area contributed by atoms with Crippen molar-refractivity contribution in [2.45, 2.75) is 19.3 Å². The first-order chi connectivity index (χ1) is 9.05. The predicted octanol–water partition coefficient (Wildman–Crippen LogP) is 1.42. The number of methoxy groups -OCH3 is 1. The van der Waals surface area contributed by atoms with Crippen LogP contribution in [0.1, 0.15) is 27.9 Å². The third-order valence-electron chi connectivity index (χ3n) is 4.41. The van der Waals surface area contributed by atoms with Crippen LogP contribution < -0.4 is 0 Å². The summed E-state index contributed by atoms with van der Waals surface area (Å²) in [7, 11) is 3.24. The fourth-order valence-electron chi connectivity index (χ4n) is 3.32. The van der Waals surface area contributed by atoms with Gasteiger partial charge in [0.1, 0.15) is 0 Å². The van der Waals surface area contributed by atoms with E-state index in [-0.39, 0.29) is 17.3 Å². The topological polar surface area (TPSA) is 46.6 Å². The zero-order chi connectivity index (χ0) is 13.6. The number of hydrogen-bond acceptors (Lipinski definition) is 3. The standard InChI is InChI=1S/C15H17NO3/c1-16-6-5-15(14(16)18)8-11-4-3-10(13(17)19-2)7-12(11)9-15/h3-4,7H,5-6,8-9H2,1-2H3/t15-/m0/s1. The Morgan fingerprint density at radius 3 is 2.68 bits per heavy atom. The van der Waals surface area contributed by atoms with Gasteiger partial charge >= 0.3 is 5.97 Å². The van der Waals surface area contributed by atoms with Crippen LogP contribution in [0.25, 0.3) is 0 Å². The highest BCUT2D eigenvalue weighted by Gasteiger charge is 2.48. The summed E-state index contributed by atoms with van der Waals surface area (Å²) in [5, 5.41) is 0. The number of amides is 1. The molecule has 1 saturated heterocycles. The van der Waals surface area contributed by atoms with Gasteiger partial charge in [0.25, 0.3) is 0 Å². The summed E-state index contributed by atoms with van der Waals surface area (Å²) in [4.78, 5) is 25.7. The molecule has 4 heteroatoms. The van der Waals surface area contributed by atoms with Crippen molar-refractivity contribution in [1.29, 1.82) is 0 Å². The molecule has 19 heavy (non-hydrogen) atoms. The third kappa shape index (κ3) is 1.74. The van der Waals surface area contributed by atoms with Gasteiger partial charge in [-0.1, -0.05) is 6.07 Å². The molecule has 1 amide bonds. The van der Waals surface area contributed by atoms with Gasteiger partial charge in [0, 0.05) is 13.6 Å². The summed E-state index contributed by atoms with van der Waals surface area (Å²) in [5.41, 5.74) is 2.62. The van der Waals surface area contributed by atoms with E-state index >= 15 is 0 Å². The molecule has 0 aromatic heterocycles. The van der Waals surface area contributed by atoms with Crippen molar-refractivity contribution in [2.24, 2.45) is 5.41 Å². The van der Waals surface area contributed by atoms with Gasteiger partial charge in [-0.15, -0.1) is 0 Å². The fraction of sp³-hybridized carbons (Fsp3) is 0.467. The largest absolute Gasteiger partial charge is 0.465 e. The van der Waals surface area contributed by atoms with Crippen molar-refractivity contribution in [3.63, 3.8) is 0 Å². The minimum absolute atomic E-state index is 0.239. The van der Waals surface area contributed by atoms with E-state index < -0.39 is 0 Å². The lowest BCUT2D eigenvalue weighted by Crippen LogP contribution is -2.32. The van der Waals surface area contributed by atoms with Gasteiger partial charge in [-0.25, -0.2) is 4.79 Å². The predicted molar refractivity (Wildman–Crippen MR) is 69.9 cm³/mol. The van der Waals surface area contributed by atoms with Gasteiger partial charge in [0.2, 0.25) is 5.91 Å². The maximum atomic E-state index is 12.3. The number of benzene rings is 1. The molecule has 0 unspecified atom stereocenters. The molecule has 0 N–H and O–H groups in total. The zero-order valence-electron chi connectivity index (χ0n) is 11.2. The first-order valence-electron chi connectivity index (χ1n) is 6.51. The summed E-state index contributed by atoms with van der Waals surface area (Å²) in [5.74, 6) is -0.0815.